The third-order valence-corrected chi connectivity index (χ3v) is 5.13. The molecule has 0 aliphatic heterocycles. The number of hydrogen-bond donors (Lipinski definition) is 2. The molecular weight excluding hydrogens is 467 g/mol. The Hall–Kier alpha value is -3.75. The predicted molar refractivity (Wildman–Crippen MR) is 128 cm³/mol. The first kappa shape index (κ1) is 22.4. The highest BCUT2D eigenvalue weighted by atomic mass is 35.5. The average molecular weight is 485 g/mol. The van der Waals surface area contributed by atoms with E-state index in [-0.39, 0.29) is 0 Å². The molecule has 4 rings (SSSR count). The van der Waals surface area contributed by atoms with Gasteiger partial charge in [0.25, 0.3) is 0 Å². The van der Waals surface area contributed by atoms with Crippen LogP contribution in [-0.2, 0) is 0 Å². The Bertz CT molecular complexity index is 1320. The van der Waals surface area contributed by atoms with E-state index in [1.54, 1.807) is 68.9 Å². The Kier molecular flexibility index (Phi) is 6.67. The summed E-state index contributed by atoms with van der Waals surface area (Å²) in [6, 6.07) is 12.9. The number of carbonyl (C=O) groups is 1. The fourth-order valence-electron chi connectivity index (χ4n) is 3.04. The maximum absolute atomic E-state index is 12.2. The van der Waals surface area contributed by atoms with Crippen LogP contribution in [0.4, 0.5) is 16.3 Å². The van der Waals surface area contributed by atoms with Crippen LogP contribution in [-0.4, -0.2) is 30.2 Å². The van der Waals surface area contributed by atoms with Gasteiger partial charge in [-0.1, -0.05) is 23.2 Å². The highest BCUT2D eigenvalue weighted by Crippen LogP contribution is 2.37. The summed E-state index contributed by atoms with van der Waals surface area (Å²) in [5.41, 5.74) is 1.09. The van der Waals surface area contributed by atoms with Crippen LogP contribution < -0.4 is 24.8 Å². The Morgan fingerprint density at radius 1 is 0.879 bits per heavy atom. The van der Waals surface area contributed by atoms with Crippen LogP contribution in [0, 0.1) is 0 Å². The molecule has 0 atom stereocenters. The molecule has 0 aliphatic carbocycles. The summed E-state index contributed by atoms with van der Waals surface area (Å²) in [6.07, 6.45) is 3.07. The Labute approximate surface area is 199 Å². The second-order valence-electron chi connectivity index (χ2n) is 6.72. The van der Waals surface area contributed by atoms with Gasteiger partial charge in [-0.05, 0) is 36.4 Å². The number of hydrogen-bond acceptors (Lipinski definition) is 6. The number of nitrogens with zero attached hydrogens (tertiary/aromatic N) is 2. The van der Waals surface area contributed by atoms with Crippen molar-refractivity contribution in [1.29, 1.82) is 0 Å². The van der Waals surface area contributed by atoms with Crippen molar-refractivity contribution in [1.82, 2.24) is 9.97 Å². The van der Waals surface area contributed by atoms with Crippen molar-refractivity contribution in [2.75, 3.05) is 24.9 Å². The summed E-state index contributed by atoms with van der Waals surface area (Å²) in [7, 11) is 3.12. The molecule has 0 bridgehead atoms. The molecule has 33 heavy (non-hydrogen) atoms. The minimum absolute atomic E-state index is 0.296. The minimum atomic E-state index is -0.499. The van der Waals surface area contributed by atoms with Crippen LogP contribution in [0.15, 0.2) is 60.9 Å². The predicted octanol–water partition coefficient (Wildman–Crippen LogP) is 6.39. The van der Waals surface area contributed by atoms with Gasteiger partial charge < -0.3 is 19.5 Å². The van der Waals surface area contributed by atoms with Crippen LogP contribution >= 0.6 is 23.2 Å². The van der Waals surface area contributed by atoms with E-state index >= 15 is 0 Å². The fourth-order valence-corrected chi connectivity index (χ4v) is 3.37. The number of methoxy groups -OCH3 is 2. The van der Waals surface area contributed by atoms with Gasteiger partial charge in [-0.3, -0.25) is 10.3 Å². The first-order chi connectivity index (χ1) is 16.0. The van der Waals surface area contributed by atoms with E-state index in [9.17, 15) is 4.79 Å². The average Bonchev–Trinajstić information content (AvgIpc) is 2.81. The molecule has 10 heteroatoms. The van der Waals surface area contributed by atoms with Crippen molar-refractivity contribution in [3.05, 3.63) is 71.0 Å². The maximum Gasteiger partial charge on any atom is 0.324 e. The number of carbonyl (C=O) groups excluding carboxylic acids is 1. The molecule has 2 aromatic heterocycles. The summed E-state index contributed by atoms with van der Waals surface area (Å²) in [5, 5.41) is 6.78. The quantitative estimate of drug-likeness (QED) is 0.329. The first-order valence-electron chi connectivity index (χ1n) is 9.64. The number of benzene rings is 2. The van der Waals surface area contributed by atoms with Crippen LogP contribution in [0.2, 0.25) is 10.0 Å². The highest BCUT2D eigenvalue weighted by Gasteiger charge is 2.13. The molecule has 2 amide bonds. The fraction of sp³-hybridized carbons (Fsp3) is 0.0870. The van der Waals surface area contributed by atoms with E-state index in [1.807, 2.05) is 0 Å². The molecular formula is C23H18Cl2N4O4. The monoisotopic (exact) mass is 484 g/mol. The summed E-state index contributed by atoms with van der Waals surface area (Å²) in [5.74, 6) is 2.52. The number of urea groups is 1. The number of fused-ring (bicyclic) bond motifs is 1. The molecule has 0 aliphatic rings. The zero-order chi connectivity index (χ0) is 23.4. The van der Waals surface area contributed by atoms with Crippen LogP contribution in [0.25, 0.3) is 10.9 Å². The number of aromatic nitrogens is 2. The van der Waals surface area contributed by atoms with E-state index in [2.05, 4.69) is 20.6 Å². The molecule has 0 saturated carbocycles. The molecule has 0 spiro atoms. The van der Waals surface area contributed by atoms with Gasteiger partial charge in [-0.25, -0.2) is 9.78 Å². The molecule has 4 aromatic rings. The summed E-state index contributed by atoms with van der Waals surface area (Å²) in [4.78, 5) is 20.6. The number of halogens is 2. The lowest BCUT2D eigenvalue weighted by Gasteiger charge is -2.13. The summed E-state index contributed by atoms with van der Waals surface area (Å²) < 4.78 is 16.8. The van der Waals surface area contributed by atoms with Gasteiger partial charge in [0.15, 0.2) is 11.5 Å². The van der Waals surface area contributed by atoms with E-state index < -0.39 is 6.03 Å². The van der Waals surface area contributed by atoms with Gasteiger partial charge in [0.2, 0.25) is 0 Å². The standard InChI is InChI=1S/C23H18Cl2N4O4/c1-31-20-10-15-18(11-21(20)32-2)26-8-7-19(15)33-14-4-5-17(16(25)9-14)28-23(30)29-22-6-3-13(24)12-27-22/h3-12H,1-2H3,(H2,27,28,29,30). The lowest BCUT2D eigenvalue weighted by Crippen LogP contribution is -2.20. The van der Waals surface area contributed by atoms with E-state index in [0.717, 1.165) is 5.39 Å². The van der Waals surface area contributed by atoms with Crippen LogP contribution in [0.5, 0.6) is 23.0 Å². The van der Waals surface area contributed by atoms with E-state index in [0.29, 0.717) is 50.1 Å². The first-order valence-corrected chi connectivity index (χ1v) is 10.4. The number of amides is 2. The normalized spacial score (nSPS) is 10.5. The SMILES string of the molecule is COc1cc2nccc(Oc3ccc(NC(=O)Nc4ccc(Cl)cn4)c(Cl)c3)c2cc1OC. The van der Waals surface area contributed by atoms with Crippen molar-refractivity contribution in [3.63, 3.8) is 0 Å². The number of rotatable bonds is 6. The third kappa shape index (κ3) is 5.19. The minimum Gasteiger partial charge on any atom is -0.493 e. The molecule has 8 nitrogen and oxygen atoms in total. The van der Waals surface area contributed by atoms with Crippen molar-refractivity contribution in [3.8, 4) is 23.0 Å². The number of pyridine rings is 2. The Balaban J connectivity index is 1.52. The van der Waals surface area contributed by atoms with Crippen molar-refractivity contribution >= 4 is 51.6 Å². The maximum atomic E-state index is 12.2. The van der Waals surface area contributed by atoms with Crippen molar-refractivity contribution in [2.45, 2.75) is 0 Å². The number of ether oxygens (including phenoxy) is 3. The van der Waals surface area contributed by atoms with Crippen LogP contribution in [0.3, 0.4) is 0 Å². The molecule has 2 heterocycles. The van der Waals surface area contributed by atoms with Crippen molar-refractivity contribution in [2.24, 2.45) is 0 Å². The molecule has 2 N–H and O–H groups in total. The smallest absolute Gasteiger partial charge is 0.324 e. The molecule has 0 fully saturated rings. The molecule has 2 aromatic carbocycles. The third-order valence-electron chi connectivity index (χ3n) is 4.59. The lowest BCUT2D eigenvalue weighted by atomic mass is 10.2. The van der Waals surface area contributed by atoms with Gasteiger partial charge in [-0.15, -0.1) is 0 Å². The Morgan fingerprint density at radius 3 is 2.36 bits per heavy atom. The largest absolute Gasteiger partial charge is 0.493 e. The summed E-state index contributed by atoms with van der Waals surface area (Å²) in [6.45, 7) is 0. The highest BCUT2D eigenvalue weighted by molar-refractivity contribution is 6.34. The van der Waals surface area contributed by atoms with Gasteiger partial charge in [0, 0.05) is 29.9 Å². The zero-order valence-corrected chi connectivity index (χ0v) is 19.1. The zero-order valence-electron chi connectivity index (χ0n) is 17.6. The van der Waals surface area contributed by atoms with Gasteiger partial charge in [0.1, 0.15) is 17.3 Å². The molecule has 0 unspecified atom stereocenters. The number of nitrogens with one attached hydrogen (secondary N) is 2. The Morgan fingerprint density at radius 2 is 1.67 bits per heavy atom. The van der Waals surface area contributed by atoms with E-state index in [4.69, 9.17) is 37.4 Å². The summed E-state index contributed by atoms with van der Waals surface area (Å²) >= 11 is 12.2. The lowest BCUT2D eigenvalue weighted by molar-refractivity contribution is 0.262. The van der Waals surface area contributed by atoms with Gasteiger partial charge in [-0.2, -0.15) is 0 Å². The van der Waals surface area contributed by atoms with E-state index in [1.165, 1.54) is 6.20 Å². The van der Waals surface area contributed by atoms with Crippen molar-refractivity contribution < 1.29 is 19.0 Å². The second-order valence-corrected chi connectivity index (χ2v) is 7.56. The van der Waals surface area contributed by atoms with Gasteiger partial charge in [0.05, 0.1) is 35.5 Å². The molecule has 0 radical (unpaired) electrons. The van der Waals surface area contributed by atoms with Crippen LogP contribution in [0.1, 0.15) is 0 Å². The molecule has 0 saturated heterocycles. The van der Waals surface area contributed by atoms with Gasteiger partial charge >= 0.3 is 6.03 Å². The second kappa shape index (κ2) is 9.81. The number of anilines is 2. The topological polar surface area (TPSA) is 94.6 Å². The molecule has 168 valence electrons.